The monoisotopic (exact) mass is 676 g/mol. The van der Waals surface area contributed by atoms with Gasteiger partial charge in [0.25, 0.3) is 5.91 Å². The molecule has 0 saturated carbocycles. The molecule has 49 heavy (non-hydrogen) atoms. The number of amides is 5. The van der Waals surface area contributed by atoms with Crippen LogP contribution in [0.25, 0.3) is 0 Å². The van der Waals surface area contributed by atoms with Gasteiger partial charge in [-0.05, 0) is 56.7 Å². The van der Waals surface area contributed by atoms with Gasteiger partial charge < -0.3 is 30.7 Å². The van der Waals surface area contributed by atoms with Crippen molar-refractivity contribution < 1.29 is 23.6 Å². The van der Waals surface area contributed by atoms with Crippen molar-refractivity contribution in [2.45, 2.75) is 63.7 Å². The normalized spacial score (nSPS) is 27.0. The first-order valence-corrected chi connectivity index (χ1v) is 17.3. The second kappa shape index (κ2) is 13.2. The number of benzene rings is 1. The maximum absolute atomic E-state index is 15.4. The predicted molar refractivity (Wildman–Crippen MR) is 179 cm³/mol. The molecular weight excluding hydrogens is 631 g/mol. The molecule has 5 aliphatic rings. The highest BCUT2D eigenvalue weighted by Crippen LogP contribution is 2.34. The number of hydrogen-bond acceptors (Lipinski definition) is 10. The second-order valence-corrected chi connectivity index (χ2v) is 14.4. The third-order valence-electron chi connectivity index (χ3n) is 11.1. The molecular formula is C34H45FN10O4. The zero-order valence-electron chi connectivity index (χ0n) is 28.2. The Morgan fingerprint density at radius 1 is 1.02 bits per heavy atom. The number of carbonyl (C=O) groups excluding carboxylic acids is 4. The summed E-state index contributed by atoms with van der Waals surface area (Å²) in [5.41, 5.74) is 7.45. The van der Waals surface area contributed by atoms with Crippen molar-refractivity contribution in [3.05, 3.63) is 47.0 Å². The van der Waals surface area contributed by atoms with E-state index in [1.54, 1.807) is 11.0 Å². The molecule has 6 heterocycles. The molecule has 262 valence electrons. The summed E-state index contributed by atoms with van der Waals surface area (Å²) in [5, 5.41) is 5.75. The van der Waals surface area contributed by atoms with Gasteiger partial charge in [0, 0.05) is 101 Å². The van der Waals surface area contributed by atoms with Crippen molar-refractivity contribution in [1.29, 1.82) is 0 Å². The molecule has 5 aliphatic heterocycles. The molecule has 4 saturated heterocycles. The number of aromatic nitrogens is 2. The van der Waals surface area contributed by atoms with Crippen LogP contribution in [0.15, 0.2) is 24.5 Å². The Morgan fingerprint density at radius 2 is 1.73 bits per heavy atom. The number of anilines is 2. The molecule has 0 spiro atoms. The van der Waals surface area contributed by atoms with Crippen LogP contribution in [-0.4, -0.2) is 119 Å². The van der Waals surface area contributed by atoms with E-state index < -0.39 is 29.3 Å². The van der Waals surface area contributed by atoms with Crippen LogP contribution in [0.5, 0.6) is 0 Å². The van der Waals surface area contributed by atoms with Crippen LogP contribution in [0.3, 0.4) is 0 Å². The lowest BCUT2D eigenvalue weighted by Gasteiger charge is -2.46. The van der Waals surface area contributed by atoms with E-state index in [0.717, 1.165) is 51.1 Å². The van der Waals surface area contributed by atoms with E-state index in [2.05, 4.69) is 20.4 Å². The molecule has 4 N–H and O–H groups in total. The third-order valence-corrected chi connectivity index (χ3v) is 11.1. The third kappa shape index (κ3) is 6.41. The van der Waals surface area contributed by atoms with Gasteiger partial charge in [-0.15, -0.1) is 0 Å². The van der Waals surface area contributed by atoms with Gasteiger partial charge in [-0.2, -0.15) is 0 Å². The molecule has 0 bridgehead atoms. The van der Waals surface area contributed by atoms with Crippen molar-refractivity contribution >= 4 is 35.4 Å². The second-order valence-electron chi connectivity index (χ2n) is 14.4. The molecule has 0 radical (unpaired) electrons. The van der Waals surface area contributed by atoms with E-state index in [1.165, 1.54) is 11.0 Å². The standard InChI is InChI=1S/C34H45FN10O4/c1-21-17-45(32(36)49)34(2,20-39-21)24-15-37-33(38-16-24)43-7-5-22(6-8-43)18-41-9-11-42(12-10-41)28-13-23-19-44(31(48)25(23)14-26(28)35)27-3-4-29(46)40-30(27)47/h13-16,21-22,27,39H,3-12,17-20H2,1-2H3,(H2,36,49)(H,40,46,47)/t21?,27-,34?/m0/s1. The molecule has 0 aliphatic carbocycles. The predicted octanol–water partition coefficient (Wildman–Crippen LogP) is 1.00. The Kier molecular flexibility index (Phi) is 8.90. The Morgan fingerprint density at radius 3 is 2.41 bits per heavy atom. The van der Waals surface area contributed by atoms with Gasteiger partial charge in [-0.1, -0.05) is 0 Å². The molecule has 3 atom stereocenters. The number of fused-ring (bicyclic) bond motifs is 1. The summed E-state index contributed by atoms with van der Waals surface area (Å²) in [6.07, 6.45) is 6.14. The lowest BCUT2D eigenvalue weighted by molar-refractivity contribution is -0.136. The van der Waals surface area contributed by atoms with Crippen LogP contribution < -0.4 is 26.2 Å². The molecule has 1 aromatic carbocycles. The molecule has 4 fully saturated rings. The van der Waals surface area contributed by atoms with E-state index in [1.807, 2.05) is 31.1 Å². The van der Waals surface area contributed by atoms with Gasteiger partial charge >= 0.3 is 6.03 Å². The topological polar surface area (TPSA) is 160 Å². The maximum Gasteiger partial charge on any atom is 0.315 e. The fourth-order valence-corrected chi connectivity index (χ4v) is 8.03. The van der Waals surface area contributed by atoms with Crippen molar-refractivity contribution in [2.75, 3.05) is 68.7 Å². The number of hydrogen-bond donors (Lipinski definition) is 3. The quantitative estimate of drug-likeness (QED) is 0.377. The van der Waals surface area contributed by atoms with Crippen molar-refractivity contribution in [3.8, 4) is 0 Å². The van der Waals surface area contributed by atoms with E-state index in [9.17, 15) is 19.2 Å². The number of piperidine rings is 2. The smallest absolute Gasteiger partial charge is 0.315 e. The van der Waals surface area contributed by atoms with Crippen LogP contribution in [-0.2, 0) is 21.7 Å². The van der Waals surface area contributed by atoms with E-state index in [0.29, 0.717) is 49.3 Å². The fraction of sp³-hybridized carbons (Fsp3) is 0.588. The minimum absolute atomic E-state index is 0.161. The number of nitrogens with zero attached hydrogens (tertiary/aromatic N) is 7. The summed E-state index contributed by atoms with van der Waals surface area (Å²) in [7, 11) is 0. The Labute approximate surface area is 285 Å². The lowest BCUT2D eigenvalue weighted by atomic mass is 9.89. The summed E-state index contributed by atoms with van der Waals surface area (Å²) in [5.74, 6) is -0.373. The number of urea groups is 1. The first-order valence-electron chi connectivity index (χ1n) is 17.3. The number of rotatable bonds is 6. The van der Waals surface area contributed by atoms with Gasteiger partial charge in [0.15, 0.2) is 0 Å². The van der Waals surface area contributed by atoms with Gasteiger partial charge in [0.1, 0.15) is 11.9 Å². The number of nitrogens with two attached hydrogens (primary N) is 1. The number of halogens is 1. The maximum atomic E-state index is 15.4. The molecule has 7 rings (SSSR count). The minimum Gasteiger partial charge on any atom is -0.367 e. The van der Waals surface area contributed by atoms with Crippen LogP contribution in [0.1, 0.15) is 61.0 Å². The van der Waals surface area contributed by atoms with Crippen LogP contribution in [0.2, 0.25) is 0 Å². The van der Waals surface area contributed by atoms with Crippen molar-refractivity contribution in [1.82, 2.24) is 35.3 Å². The highest BCUT2D eigenvalue weighted by Gasteiger charge is 2.42. The van der Waals surface area contributed by atoms with E-state index in [-0.39, 0.29) is 42.8 Å². The summed E-state index contributed by atoms with van der Waals surface area (Å²) in [6, 6.07) is 2.06. The average molecular weight is 677 g/mol. The molecule has 2 unspecified atom stereocenters. The number of primary amides is 1. The first-order chi connectivity index (χ1) is 23.5. The Balaban J connectivity index is 0.898. The number of piperazine rings is 2. The summed E-state index contributed by atoms with van der Waals surface area (Å²) in [4.78, 5) is 68.5. The van der Waals surface area contributed by atoms with E-state index in [4.69, 9.17) is 15.7 Å². The molecule has 2 aromatic rings. The molecule has 5 amide bonds. The summed E-state index contributed by atoms with van der Waals surface area (Å²) >= 11 is 0. The first kappa shape index (κ1) is 33.1. The largest absolute Gasteiger partial charge is 0.367 e. The zero-order valence-corrected chi connectivity index (χ0v) is 28.2. The lowest BCUT2D eigenvalue weighted by Crippen LogP contribution is -2.63. The van der Waals surface area contributed by atoms with Crippen LogP contribution in [0, 0.1) is 11.7 Å². The van der Waals surface area contributed by atoms with Crippen LogP contribution in [0.4, 0.5) is 20.8 Å². The highest BCUT2D eigenvalue weighted by atomic mass is 19.1. The van der Waals surface area contributed by atoms with Gasteiger partial charge in [0.05, 0.1) is 11.2 Å². The van der Waals surface area contributed by atoms with Gasteiger partial charge in [-0.25, -0.2) is 19.2 Å². The number of imide groups is 1. The molecule has 1 aromatic heterocycles. The van der Waals surface area contributed by atoms with Gasteiger partial charge in [0.2, 0.25) is 17.8 Å². The van der Waals surface area contributed by atoms with Crippen molar-refractivity contribution in [2.24, 2.45) is 11.7 Å². The van der Waals surface area contributed by atoms with Gasteiger partial charge in [-0.3, -0.25) is 24.6 Å². The Bertz CT molecular complexity index is 1630. The Hall–Kier alpha value is -4.37. The number of nitrogens with one attached hydrogen (secondary N) is 2. The van der Waals surface area contributed by atoms with Crippen molar-refractivity contribution in [3.63, 3.8) is 0 Å². The van der Waals surface area contributed by atoms with E-state index >= 15 is 4.39 Å². The fourth-order valence-electron chi connectivity index (χ4n) is 8.03. The molecule has 15 heteroatoms. The summed E-state index contributed by atoms with van der Waals surface area (Å²) in [6.45, 7) is 11.1. The van der Waals surface area contributed by atoms with Crippen LogP contribution >= 0.6 is 0 Å². The SMILES string of the molecule is CC1CN(C(N)=O)C(C)(c2cnc(N3CCC(CN4CCN(c5cc6c(cc5F)C(=O)N([C@H]5CCC(=O)NC5=O)C6)CC4)CC3)nc2)CN1. The number of carbonyl (C=O) groups is 4. The average Bonchev–Trinajstić information content (AvgIpc) is 3.40. The summed E-state index contributed by atoms with van der Waals surface area (Å²) < 4.78 is 15.4. The zero-order chi connectivity index (χ0) is 34.4. The minimum atomic E-state index is -0.722. The molecule has 14 nitrogen and oxygen atoms in total. The highest BCUT2D eigenvalue weighted by molar-refractivity contribution is 6.05.